The lowest BCUT2D eigenvalue weighted by Crippen LogP contribution is -3.00. The van der Waals surface area contributed by atoms with E-state index in [-0.39, 0.29) is 78.4 Å². The maximum atomic E-state index is 14.0. The molecule has 0 aromatic rings. The fraction of sp³-hybridized carbons (Fsp3) is 0.933. The number of halogens is 2. The molecule has 8 aliphatic rings. The molecule has 4 bridgehead atoms. The van der Waals surface area contributed by atoms with Gasteiger partial charge < -0.3 is 52.4 Å². The van der Waals surface area contributed by atoms with Gasteiger partial charge >= 0.3 is 11.9 Å². The van der Waals surface area contributed by atoms with Crippen LogP contribution in [-0.4, -0.2) is 100 Å². The topological polar surface area (TPSA) is 86.7 Å². The lowest BCUT2D eigenvalue weighted by atomic mass is 9.40. The number of nitrogens with zero attached hydrogens (tertiary/aromatic N) is 2. The van der Waals surface area contributed by atoms with Gasteiger partial charge in [-0.25, -0.2) is 0 Å². The van der Waals surface area contributed by atoms with Crippen molar-refractivity contribution in [2.24, 2.45) is 67.0 Å². The lowest BCUT2D eigenvalue weighted by Gasteiger charge is -2.63. The van der Waals surface area contributed by atoms with E-state index in [1.54, 1.807) is 0 Å². The molecule has 2 spiro atoms. The number of hydrogen-bond acceptors (Lipinski definition) is 6. The minimum absolute atomic E-state index is 0. The van der Waals surface area contributed by atoms with Gasteiger partial charge in [0.2, 0.25) is 0 Å². The summed E-state index contributed by atoms with van der Waals surface area (Å²) in [6.45, 7) is 18.9. The number of rotatable bonds is 21. The van der Waals surface area contributed by atoms with E-state index in [1.807, 2.05) is 0 Å². The van der Waals surface area contributed by atoms with Crippen LogP contribution in [0.1, 0.15) is 221 Å². The van der Waals surface area contributed by atoms with Crippen LogP contribution in [0, 0.1) is 67.0 Å². The molecule has 8 aliphatic carbocycles. The Balaban J connectivity index is 0.00000402. The van der Waals surface area contributed by atoms with Crippen LogP contribution in [-0.2, 0) is 28.7 Å². The van der Waals surface area contributed by atoms with Crippen molar-refractivity contribution in [1.29, 1.82) is 0 Å². The first kappa shape index (κ1) is 58.4. The lowest BCUT2D eigenvalue weighted by molar-refractivity contribution is -0.890. The van der Waals surface area contributed by atoms with Crippen molar-refractivity contribution in [2.45, 2.75) is 221 Å². The molecule has 0 aromatic heterocycles. The molecule has 0 radical (unpaired) electrons. The number of quaternary nitrogens is 2. The summed E-state index contributed by atoms with van der Waals surface area (Å²) in [7, 11) is 9.18. The average Bonchev–Trinajstić information content (AvgIpc) is 3.56. The first-order valence-corrected chi connectivity index (χ1v) is 29.0. The highest BCUT2D eigenvalue weighted by Gasteiger charge is 2.70. The molecule has 8 fully saturated rings. The van der Waals surface area contributed by atoms with Gasteiger partial charge in [0.05, 0.1) is 52.1 Å². The molecule has 402 valence electrons. The van der Waals surface area contributed by atoms with Crippen molar-refractivity contribution in [3.05, 3.63) is 0 Å². The number of carbonyl (C=O) groups is 4. The quantitative estimate of drug-likeness (QED) is 0.0709. The Bertz CT molecular complexity index is 1760. The predicted molar refractivity (Wildman–Crippen MR) is 272 cm³/mol. The summed E-state index contributed by atoms with van der Waals surface area (Å²) < 4.78 is 14.2. The van der Waals surface area contributed by atoms with E-state index >= 15 is 0 Å². The molecular weight excluding hydrogens is 1000 g/mol. The van der Waals surface area contributed by atoms with E-state index in [0.717, 1.165) is 138 Å². The molecule has 0 aliphatic heterocycles. The van der Waals surface area contributed by atoms with E-state index in [2.05, 4.69) is 69.7 Å². The minimum atomic E-state index is -0.416. The highest BCUT2D eigenvalue weighted by atomic mass is 79.9. The van der Waals surface area contributed by atoms with E-state index in [9.17, 15) is 19.2 Å². The molecule has 12 atom stereocenters. The van der Waals surface area contributed by atoms with Gasteiger partial charge in [-0.2, -0.15) is 0 Å². The summed E-state index contributed by atoms with van der Waals surface area (Å²) in [5, 5.41) is 0. The van der Waals surface area contributed by atoms with Crippen molar-refractivity contribution < 1.29 is 71.6 Å². The molecule has 0 N–H and O–H groups in total. The molecule has 0 heterocycles. The van der Waals surface area contributed by atoms with E-state index < -0.39 is 10.8 Å². The zero-order valence-electron chi connectivity index (χ0n) is 46.5. The predicted octanol–water partition coefficient (Wildman–Crippen LogP) is 6.88. The van der Waals surface area contributed by atoms with Gasteiger partial charge in [0.1, 0.15) is 37.9 Å². The van der Waals surface area contributed by atoms with Crippen LogP contribution in [0.3, 0.4) is 0 Å². The standard InChI is InChI=1S/C60H102N2O6.2BrH/c1-53-31-23-47-55(3)27-21-29-57(5,45(55)25-33-59(47,43-53)41-49(53)63)51(65)67-39-37-61(7,8)35-19-17-15-13-11-12-14-16-18-20-36-62(9,10)38-40-68-52(66)58(6)30-22-28-56(4)46(58)26-34-60-42-50(64)54(2,44-60)32-24-48(56)60;;/h45-48H,11-44H2,1-10H3;2*1H/q+2;;/p-2/t45-,46+,47-,48+,53-,54-,55+,56+,57+,58+,59-,60-;;/m0../s1. The largest absolute Gasteiger partial charge is 1.00 e. The van der Waals surface area contributed by atoms with Gasteiger partial charge in [-0.1, -0.05) is 79.1 Å². The molecule has 8 nitrogen and oxygen atoms in total. The Hall–Kier alpha value is -0.840. The van der Waals surface area contributed by atoms with Crippen LogP contribution in [0.15, 0.2) is 0 Å². The van der Waals surface area contributed by atoms with E-state index in [0.29, 0.717) is 48.5 Å². The molecule has 0 saturated heterocycles. The number of carbonyl (C=O) groups excluding carboxylic acids is 4. The molecule has 70 heavy (non-hydrogen) atoms. The Kier molecular flexibility index (Phi) is 18.1. The zero-order valence-corrected chi connectivity index (χ0v) is 49.6. The summed E-state index contributed by atoms with van der Waals surface area (Å²) in [4.78, 5) is 54.3. The summed E-state index contributed by atoms with van der Waals surface area (Å²) >= 11 is 0. The monoisotopic (exact) mass is 1100 g/mol. The molecular formula is C60H102Br2N2O6. The smallest absolute Gasteiger partial charge is 0.312 e. The highest BCUT2D eigenvalue weighted by Crippen LogP contribution is 2.74. The summed E-state index contributed by atoms with van der Waals surface area (Å²) in [6, 6.07) is 0. The van der Waals surface area contributed by atoms with Gasteiger partial charge in [-0.15, -0.1) is 0 Å². The first-order chi connectivity index (χ1) is 31.9. The number of fused-ring (bicyclic) bond motifs is 6. The molecule has 8 rings (SSSR count). The Morgan fingerprint density at radius 1 is 0.457 bits per heavy atom. The second-order valence-electron chi connectivity index (χ2n) is 28.9. The minimum Gasteiger partial charge on any atom is -1.00 e. The highest BCUT2D eigenvalue weighted by molar-refractivity contribution is 5.89. The van der Waals surface area contributed by atoms with Crippen LogP contribution in [0.4, 0.5) is 0 Å². The normalized spacial score (nSPS) is 40.7. The third-order valence-corrected chi connectivity index (χ3v) is 23.3. The number of ether oxygens (including phenoxy) is 2. The maximum absolute atomic E-state index is 14.0. The van der Waals surface area contributed by atoms with E-state index in [4.69, 9.17) is 9.47 Å². The fourth-order valence-electron chi connectivity index (χ4n) is 19.3. The SMILES string of the molecule is C[C@@]12CC[C@@H]3[C@@](CC[C@H]4[C@@]3(C)CCC[C@@]4(C)C(=O)OCC[N+](C)(C)CCCCCCCCCCCC[N+](C)(C)CCOC(=O)[C@]3(C)CCC[C@]4(C)[C@H]3CC[C@@]35CC(=O)[C@@](C)(CC[C@@H]34)C5)(CC1=O)C2.[Br-].[Br-]. The van der Waals surface area contributed by atoms with Crippen molar-refractivity contribution in [3.8, 4) is 0 Å². The zero-order chi connectivity index (χ0) is 49.1. The van der Waals surface area contributed by atoms with Gasteiger partial charge in [-0.3, -0.25) is 19.2 Å². The van der Waals surface area contributed by atoms with Crippen molar-refractivity contribution >= 4 is 23.5 Å². The maximum Gasteiger partial charge on any atom is 0.312 e. The molecule has 0 aromatic carbocycles. The summed E-state index contributed by atoms with van der Waals surface area (Å²) in [5.74, 6) is 2.94. The van der Waals surface area contributed by atoms with Gasteiger partial charge in [0, 0.05) is 23.7 Å². The Morgan fingerprint density at radius 2 is 0.786 bits per heavy atom. The summed E-state index contributed by atoms with van der Waals surface area (Å²) in [6.07, 6.45) is 31.8. The molecule has 8 saturated carbocycles. The van der Waals surface area contributed by atoms with Crippen molar-refractivity contribution in [2.75, 3.05) is 67.6 Å². The van der Waals surface area contributed by atoms with Gasteiger partial charge in [0.15, 0.2) is 0 Å². The first-order valence-electron chi connectivity index (χ1n) is 29.0. The van der Waals surface area contributed by atoms with Crippen LogP contribution in [0.5, 0.6) is 0 Å². The van der Waals surface area contributed by atoms with Gasteiger partial charge in [0.25, 0.3) is 0 Å². The third-order valence-electron chi connectivity index (χ3n) is 23.3. The Labute approximate surface area is 448 Å². The van der Waals surface area contributed by atoms with Crippen LogP contribution >= 0.6 is 0 Å². The number of Topliss-reactive ketones (excluding diaryl/α,β-unsaturated/α-hetero) is 2. The van der Waals surface area contributed by atoms with E-state index in [1.165, 1.54) is 77.0 Å². The number of esters is 2. The average molecular weight is 1110 g/mol. The van der Waals surface area contributed by atoms with Gasteiger partial charge in [-0.05, 0) is 175 Å². The summed E-state index contributed by atoms with van der Waals surface area (Å²) in [5.41, 5.74) is -0.412. The van der Waals surface area contributed by atoms with Crippen LogP contribution in [0.25, 0.3) is 0 Å². The second-order valence-corrected chi connectivity index (χ2v) is 28.9. The molecule has 10 heteroatoms. The number of likely N-dealkylation sites (N-methyl/N-ethyl adjacent to an activating group) is 2. The van der Waals surface area contributed by atoms with Crippen molar-refractivity contribution in [1.82, 2.24) is 0 Å². The molecule has 0 unspecified atom stereocenters. The van der Waals surface area contributed by atoms with Crippen LogP contribution < -0.4 is 34.0 Å². The number of unbranched alkanes of at least 4 members (excludes halogenated alkanes) is 9. The second kappa shape index (κ2) is 21.7. The third kappa shape index (κ3) is 10.9. The number of hydrogen-bond donors (Lipinski definition) is 0. The Morgan fingerprint density at radius 3 is 1.14 bits per heavy atom. The molecule has 0 amide bonds. The van der Waals surface area contributed by atoms with Crippen molar-refractivity contribution in [3.63, 3.8) is 0 Å². The number of ketones is 2. The fourth-order valence-corrected chi connectivity index (χ4v) is 19.3. The van der Waals surface area contributed by atoms with Crippen LogP contribution in [0.2, 0.25) is 0 Å².